The Kier molecular flexibility index (Phi) is 4.26. The molecule has 1 aromatic heterocycles. The summed E-state index contributed by atoms with van der Waals surface area (Å²) in [7, 11) is -3.09. The number of amides is 1. The van der Waals surface area contributed by atoms with Crippen molar-refractivity contribution < 1.29 is 17.6 Å². The van der Waals surface area contributed by atoms with E-state index in [0.29, 0.717) is 31.3 Å². The van der Waals surface area contributed by atoms with Gasteiger partial charge in [0.2, 0.25) is 10.0 Å². The van der Waals surface area contributed by atoms with Gasteiger partial charge in [0.1, 0.15) is 0 Å². The summed E-state index contributed by atoms with van der Waals surface area (Å²) in [4.78, 5) is 11.7. The molecule has 1 aliphatic rings. The van der Waals surface area contributed by atoms with Crippen LogP contribution in [0.2, 0.25) is 0 Å². The molecule has 0 unspecified atom stereocenters. The molecule has 0 aromatic carbocycles. The van der Waals surface area contributed by atoms with Crippen molar-refractivity contribution in [3.8, 4) is 0 Å². The maximum Gasteiger partial charge on any atom is 0.286 e. The minimum atomic E-state index is -3.09. The summed E-state index contributed by atoms with van der Waals surface area (Å²) in [5.74, 6) is 0.390. The van der Waals surface area contributed by atoms with Gasteiger partial charge in [-0.1, -0.05) is 0 Å². The van der Waals surface area contributed by atoms with Crippen LogP contribution in [0.15, 0.2) is 22.8 Å². The summed E-state index contributed by atoms with van der Waals surface area (Å²) >= 11 is 0. The van der Waals surface area contributed by atoms with Crippen molar-refractivity contribution in [3.05, 3.63) is 24.2 Å². The maximum absolute atomic E-state index is 11.7. The molecule has 7 heteroatoms. The first-order chi connectivity index (χ1) is 8.97. The molecule has 0 atom stereocenters. The second-order valence-electron chi connectivity index (χ2n) is 4.79. The maximum atomic E-state index is 11.7. The first-order valence-electron chi connectivity index (χ1n) is 6.23. The topological polar surface area (TPSA) is 79.6 Å². The predicted molar refractivity (Wildman–Crippen MR) is 70.2 cm³/mol. The highest BCUT2D eigenvalue weighted by Gasteiger charge is 2.25. The lowest BCUT2D eigenvalue weighted by Crippen LogP contribution is -2.41. The Morgan fingerprint density at radius 2 is 2.16 bits per heavy atom. The van der Waals surface area contributed by atoms with Gasteiger partial charge < -0.3 is 9.73 Å². The summed E-state index contributed by atoms with van der Waals surface area (Å²) in [5.41, 5.74) is 0. The molecular weight excluding hydrogens is 268 g/mol. The molecule has 106 valence electrons. The quantitative estimate of drug-likeness (QED) is 0.882. The summed E-state index contributed by atoms with van der Waals surface area (Å²) < 4.78 is 29.2. The van der Waals surface area contributed by atoms with Crippen LogP contribution in [0.5, 0.6) is 0 Å². The first kappa shape index (κ1) is 14.1. The molecular formula is C12H18N2O4S. The lowest BCUT2D eigenvalue weighted by Gasteiger charge is -2.30. The molecule has 0 radical (unpaired) electrons. The number of rotatable bonds is 4. The van der Waals surface area contributed by atoms with Gasteiger partial charge in [0.05, 0.1) is 12.5 Å². The molecule has 0 aliphatic carbocycles. The van der Waals surface area contributed by atoms with E-state index in [2.05, 4.69) is 5.32 Å². The van der Waals surface area contributed by atoms with Crippen molar-refractivity contribution in [2.45, 2.75) is 12.8 Å². The third kappa shape index (κ3) is 3.81. The zero-order valence-corrected chi connectivity index (χ0v) is 11.6. The molecule has 1 fully saturated rings. The number of hydrogen-bond acceptors (Lipinski definition) is 4. The molecule has 19 heavy (non-hydrogen) atoms. The van der Waals surface area contributed by atoms with Gasteiger partial charge in [0.25, 0.3) is 5.91 Å². The van der Waals surface area contributed by atoms with Crippen LogP contribution in [0.4, 0.5) is 0 Å². The smallest absolute Gasteiger partial charge is 0.286 e. The number of nitrogens with one attached hydrogen (secondary N) is 1. The van der Waals surface area contributed by atoms with E-state index >= 15 is 0 Å². The number of sulfonamides is 1. The van der Waals surface area contributed by atoms with E-state index in [9.17, 15) is 13.2 Å². The fraction of sp³-hybridized carbons (Fsp3) is 0.583. The van der Waals surface area contributed by atoms with Crippen molar-refractivity contribution in [2.75, 3.05) is 25.9 Å². The van der Waals surface area contributed by atoms with Crippen molar-refractivity contribution in [2.24, 2.45) is 5.92 Å². The molecule has 1 aromatic rings. The van der Waals surface area contributed by atoms with Gasteiger partial charge in [-0.25, -0.2) is 12.7 Å². The van der Waals surface area contributed by atoms with Gasteiger partial charge in [0.15, 0.2) is 5.76 Å². The monoisotopic (exact) mass is 286 g/mol. The molecule has 2 rings (SSSR count). The van der Waals surface area contributed by atoms with Gasteiger partial charge in [-0.05, 0) is 30.9 Å². The molecule has 0 saturated carbocycles. The summed E-state index contributed by atoms with van der Waals surface area (Å²) in [6, 6.07) is 3.28. The minimum Gasteiger partial charge on any atom is -0.459 e. The first-order valence-corrected chi connectivity index (χ1v) is 8.08. The molecule has 1 amide bonds. The molecule has 6 nitrogen and oxygen atoms in total. The highest BCUT2D eigenvalue weighted by Crippen LogP contribution is 2.18. The van der Waals surface area contributed by atoms with Crippen LogP contribution in [0.1, 0.15) is 23.4 Å². The fourth-order valence-corrected chi connectivity index (χ4v) is 3.05. The van der Waals surface area contributed by atoms with Crippen LogP contribution in [0.25, 0.3) is 0 Å². The van der Waals surface area contributed by atoms with Crippen LogP contribution in [0, 0.1) is 5.92 Å². The average molecular weight is 286 g/mol. The van der Waals surface area contributed by atoms with E-state index < -0.39 is 10.0 Å². The molecule has 0 spiro atoms. The summed E-state index contributed by atoms with van der Waals surface area (Å²) in [6.07, 6.45) is 4.22. The highest BCUT2D eigenvalue weighted by molar-refractivity contribution is 7.88. The minimum absolute atomic E-state index is 0.226. The van der Waals surface area contributed by atoms with Crippen molar-refractivity contribution >= 4 is 15.9 Å². The van der Waals surface area contributed by atoms with Gasteiger partial charge >= 0.3 is 0 Å². The van der Waals surface area contributed by atoms with Crippen LogP contribution < -0.4 is 5.32 Å². The van der Waals surface area contributed by atoms with Crippen molar-refractivity contribution in [1.82, 2.24) is 9.62 Å². The van der Waals surface area contributed by atoms with E-state index in [4.69, 9.17) is 4.42 Å². The second kappa shape index (κ2) is 5.75. The number of hydrogen-bond donors (Lipinski definition) is 1. The lowest BCUT2D eigenvalue weighted by atomic mass is 9.98. The Morgan fingerprint density at radius 1 is 1.47 bits per heavy atom. The van der Waals surface area contributed by atoms with Crippen LogP contribution in [-0.4, -0.2) is 44.5 Å². The van der Waals surface area contributed by atoms with Gasteiger partial charge in [-0.2, -0.15) is 0 Å². The van der Waals surface area contributed by atoms with Crippen molar-refractivity contribution in [3.63, 3.8) is 0 Å². The molecule has 1 N–H and O–H groups in total. The van der Waals surface area contributed by atoms with E-state index in [0.717, 1.165) is 12.8 Å². The number of piperidine rings is 1. The Hall–Kier alpha value is -1.34. The van der Waals surface area contributed by atoms with Gasteiger partial charge in [0, 0.05) is 19.6 Å². The molecule has 0 bridgehead atoms. The molecule has 2 heterocycles. The Morgan fingerprint density at radius 3 is 2.68 bits per heavy atom. The third-order valence-corrected chi connectivity index (χ3v) is 4.64. The van der Waals surface area contributed by atoms with Crippen LogP contribution in [0.3, 0.4) is 0 Å². The number of nitrogens with zero attached hydrogens (tertiary/aromatic N) is 1. The summed E-state index contributed by atoms with van der Waals surface area (Å²) in [5, 5.41) is 2.81. The fourth-order valence-electron chi connectivity index (χ4n) is 2.18. The van der Waals surface area contributed by atoms with Crippen LogP contribution >= 0.6 is 0 Å². The predicted octanol–water partition coefficient (Wildman–Crippen LogP) is 0.681. The van der Waals surface area contributed by atoms with E-state index in [1.165, 1.54) is 16.8 Å². The second-order valence-corrected chi connectivity index (χ2v) is 6.78. The average Bonchev–Trinajstić information content (AvgIpc) is 2.89. The zero-order chi connectivity index (χ0) is 13.9. The molecule has 1 saturated heterocycles. The SMILES string of the molecule is CS(=O)(=O)N1CCC(CNC(=O)c2ccco2)CC1. The van der Waals surface area contributed by atoms with Gasteiger partial charge in [-0.15, -0.1) is 0 Å². The lowest BCUT2D eigenvalue weighted by molar-refractivity contribution is 0.0914. The standard InChI is InChI=1S/C12H18N2O4S/c1-19(16,17)14-6-4-10(5-7-14)9-13-12(15)11-3-2-8-18-11/h2-3,8,10H,4-7,9H2,1H3,(H,13,15). The Balaban J connectivity index is 1.76. The number of carbonyl (C=O) groups excluding carboxylic acids is 1. The molecule has 1 aliphatic heterocycles. The Bertz CT molecular complexity index is 516. The third-order valence-electron chi connectivity index (χ3n) is 3.34. The van der Waals surface area contributed by atoms with E-state index in [-0.39, 0.29) is 5.91 Å². The largest absolute Gasteiger partial charge is 0.459 e. The van der Waals surface area contributed by atoms with Crippen LogP contribution in [-0.2, 0) is 10.0 Å². The Labute approximate surface area is 112 Å². The van der Waals surface area contributed by atoms with E-state index in [1.807, 2.05) is 0 Å². The van der Waals surface area contributed by atoms with E-state index in [1.54, 1.807) is 12.1 Å². The van der Waals surface area contributed by atoms with Gasteiger partial charge in [-0.3, -0.25) is 4.79 Å². The highest BCUT2D eigenvalue weighted by atomic mass is 32.2. The zero-order valence-electron chi connectivity index (χ0n) is 10.8. The van der Waals surface area contributed by atoms with Crippen molar-refractivity contribution in [1.29, 1.82) is 0 Å². The number of furan rings is 1. The summed E-state index contributed by atoms with van der Waals surface area (Å²) in [6.45, 7) is 1.61. The normalized spacial score (nSPS) is 18.4. The number of carbonyl (C=O) groups is 1.